The molecule has 1 N–H and O–H groups in total. The zero-order valence-corrected chi connectivity index (χ0v) is 17.0. The molecule has 28 heavy (non-hydrogen) atoms. The fraction of sp³-hybridized carbons (Fsp3) is 0.667. The molecule has 1 aromatic carbocycles. The minimum absolute atomic E-state index is 0.00129. The molecule has 156 valence electrons. The van der Waals surface area contributed by atoms with Crippen LogP contribution in [0.25, 0.3) is 0 Å². The van der Waals surface area contributed by atoms with Crippen LogP contribution < -0.4 is 10.2 Å². The summed E-state index contributed by atoms with van der Waals surface area (Å²) in [5.74, 6) is -1.15. The highest BCUT2D eigenvalue weighted by molar-refractivity contribution is 6.43. The molecular weight excluding hydrogens is 395 g/mol. The van der Waals surface area contributed by atoms with E-state index < -0.39 is 83.5 Å². The summed E-state index contributed by atoms with van der Waals surface area (Å²) in [5.41, 5.74) is -1.03. The highest BCUT2D eigenvalue weighted by atomic mass is 35.5. The van der Waals surface area contributed by atoms with Gasteiger partial charge >= 0.3 is 6.03 Å². The van der Waals surface area contributed by atoms with Gasteiger partial charge in [-0.05, 0) is 56.6 Å². The molecule has 7 heteroatoms. The third kappa shape index (κ3) is 5.68. The van der Waals surface area contributed by atoms with Gasteiger partial charge in [-0.3, -0.25) is 4.90 Å². The Morgan fingerprint density at radius 2 is 1.93 bits per heavy atom. The average Bonchev–Trinajstić information content (AvgIpc) is 2.87. The molecule has 0 aromatic heterocycles. The Kier molecular flexibility index (Phi) is 3.34. The number of carbonyl (C=O) groups excluding carboxylic acids is 1. The smallest absolute Gasteiger partial charge is 0.317 e. The monoisotopic (exact) mass is 441 g/mol. The molecule has 0 bridgehead atoms. The predicted molar refractivity (Wildman–Crippen MR) is 118 cm³/mol. The minimum atomic E-state index is -3.85. The molecule has 0 atom stereocenters. The summed E-state index contributed by atoms with van der Waals surface area (Å²) in [4.78, 5) is 12.8. The van der Waals surface area contributed by atoms with Crippen molar-refractivity contribution >= 4 is 34.9 Å². The first-order chi connectivity index (χ1) is 19.2. The van der Waals surface area contributed by atoms with Gasteiger partial charge in [0.25, 0.3) is 0 Å². The SMILES string of the molecule is [2H]c1c([2H])c(Cl)c(Cl)c(N2C([2H])([2H])C([2H])([2H])N(C([2H])([2H])C([2H])([2H])C3CCC(NC(=O)N(C)C)CC3)C([2H])([2H])C2([2H])[2H])c1[2H]. The lowest BCUT2D eigenvalue weighted by molar-refractivity contribution is 0.194. The van der Waals surface area contributed by atoms with Gasteiger partial charge in [-0.15, -0.1) is 0 Å². The summed E-state index contributed by atoms with van der Waals surface area (Å²) in [6.45, 7) is -18.9. The number of rotatable bonds is 5. The number of halogens is 2. The number of hydrogen-bond acceptors (Lipinski definition) is 3. The van der Waals surface area contributed by atoms with E-state index in [0.717, 1.165) is 0 Å². The zero-order chi connectivity index (χ0) is 33.5. The lowest BCUT2D eigenvalue weighted by Gasteiger charge is -2.37. The lowest BCUT2D eigenvalue weighted by atomic mass is 9.84. The molecule has 2 aliphatic rings. The number of nitrogens with zero attached hydrogens (tertiary/aromatic N) is 3. The molecule has 5 nitrogen and oxygen atoms in total. The summed E-state index contributed by atoms with van der Waals surface area (Å²) in [6, 6.07) is -3.47. The van der Waals surface area contributed by atoms with E-state index in [2.05, 4.69) is 5.32 Å². The molecular formula is C21H32Cl2N4O. The van der Waals surface area contributed by atoms with Gasteiger partial charge in [-0.25, -0.2) is 4.79 Å². The predicted octanol–water partition coefficient (Wildman–Crippen LogP) is 4.34. The van der Waals surface area contributed by atoms with Crippen LogP contribution >= 0.6 is 23.2 Å². The third-order valence-electron chi connectivity index (χ3n) is 4.37. The largest absolute Gasteiger partial charge is 0.368 e. The number of amides is 2. The molecule has 2 fully saturated rings. The molecule has 0 unspecified atom stereocenters. The maximum atomic E-state index is 12.0. The van der Waals surface area contributed by atoms with Crippen molar-refractivity contribution in [3.8, 4) is 0 Å². The summed E-state index contributed by atoms with van der Waals surface area (Å²) >= 11 is 12.1. The van der Waals surface area contributed by atoms with Crippen molar-refractivity contribution in [1.29, 1.82) is 0 Å². The van der Waals surface area contributed by atoms with Crippen molar-refractivity contribution < 1.29 is 25.4 Å². The van der Waals surface area contributed by atoms with E-state index in [-0.39, 0.29) is 42.7 Å². The second kappa shape index (κ2) is 10.0. The average molecular weight is 443 g/mol. The van der Waals surface area contributed by atoms with Crippen molar-refractivity contribution in [3.63, 3.8) is 0 Å². The zero-order valence-electron chi connectivity index (χ0n) is 30.5. The van der Waals surface area contributed by atoms with Crippen LogP contribution in [-0.2, 0) is 0 Å². The Hall–Kier alpha value is -1.17. The van der Waals surface area contributed by atoms with Crippen molar-refractivity contribution in [2.75, 3.05) is 51.5 Å². The Bertz CT molecular complexity index is 1210. The van der Waals surface area contributed by atoms with Crippen LogP contribution in [0.1, 0.15) is 52.6 Å². The molecule has 1 aliphatic carbocycles. The van der Waals surface area contributed by atoms with Crippen LogP contribution in [0.15, 0.2) is 18.1 Å². The van der Waals surface area contributed by atoms with Gasteiger partial charge in [-0.2, -0.15) is 0 Å². The Morgan fingerprint density at radius 1 is 1.25 bits per heavy atom. The molecule has 1 heterocycles. The Morgan fingerprint density at radius 3 is 2.57 bits per heavy atom. The summed E-state index contributed by atoms with van der Waals surface area (Å²) in [5, 5.41) is 1.24. The maximum absolute atomic E-state index is 12.0. The maximum Gasteiger partial charge on any atom is 0.317 e. The van der Waals surface area contributed by atoms with E-state index in [4.69, 9.17) is 43.8 Å². The second-order valence-corrected chi connectivity index (χ2v) is 7.37. The number of nitrogens with one attached hydrogen (secondary N) is 1. The summed E-state index contributed by atoms with van der Waals surface area (Å²) in [7, 11) is 3.08. The molecule has 1 aromatic rings. The molecule has 1 saturated carbocycles. The number of hydrogen-bond donors (Lipinski definition) is 1. The summed E-state index contributed by atoms with van der Waals surface area (Å²) in [6.07, 6.45) is -2.62. The van der Waals surface area contributed by atoms with Gasteiger partial charge in [0.1, 0.15) is 0 Å². The van der Waals surface area contributed by atoms with E-state index in [1.165, 1.54) is 19.0 Å². The fourth-order valence-corrected chi connectivity index (χ4v) is 3.09. The van der Waals surface area contributed by atoms with Crippen molar-refractivity contribution in [3.05, 3.63) is 28.2 Å². The third-order valence-corrected chi connectivity index (χ3v) is 5.11. The standard InChI is InChI=1S/C21H32Cl2N4O/c1-25(2)21(28)24-17-8-6-16(7-9-17)10-11-26-12-14-27(15-13-26)19-5-3-4-18(22)20(19)23/h3-5,16-17H,6-15H2,1-2H3,(H,24,28)/i3D,4D,5D,10D2,11D2,12D2,13D2,14D2,15D2. The van der Waals surface area contributed by atoms with E-state index >= 15 is 0 Å². The Balaban J connectivity index is 2.12. The van der Waals surface area contributed by atoms with Crippen molar-refractivity contribution in [2.45, 2.75) is 38.1 Å². The van der Waals surface area contributed by atoms with Crippen molar-refractivity contribution in [2.24, 2.45) is 5.92 Å². The normalized spacial score (nSPS) is 39.6. The van der Waals surface area contributed by atoms with Crippen LogP contribution in [0.3, 0.4) is 0 Å². The van der Waals surface area contributed by atoms with E-state index in [9.17, 15) is 4.79 Å². The second-order valence-electron chi connectivity index (χ2n) is 6.62. The van der Waals surface area contributed by atoms with Crippen molar-refractivity contribution in [1.82, 2.24) is 15.1 Å². The van der Waals surface area contributed by atoms with Gasteiger partial charge in [0.05, 0.1) is 25.3 Å². The quantitative estimate of drug-likeness (QED) is 0.738. The molecule has 1 aliphatic heterocycles. The minimum Gasteiger partial charge on any atom is -0.368 e. The van der Waals surface area contributed by atoms with E-state index in [1.807, 2.05) is 0 Å². The number of benzene rings is 1. The van der Waals surface area contributed by atoms with Gasteiger partial charge in [0.2, 0.25) is 0 Å². The van der Waals surface area contributed by atoms with Crippen LogP contribution in [-0.4, -0.2) is 68.5 Å². The first-order valence-corrected chi connectivity index (χ1v) is 9.51. The van der Waals surface area contributed by atoms with Crippen LogP contribution in [0, 0.1) is 5.92 Å². The molecule has 1 saturated heterocycles. The van der Waals surface area contributed by atoms with Gasteiger partial charge in [0.15, 0.2) is 0 Å². The van der Waals surface area contributed by atoms with E-state index in [0.29, 0.717) is 0 Å². The van der Waals surface area contributed by atoms with E-state index in [1.54, 1.807) is 0 Å². The number of anilines is 1. The van der Waals surface area contributed by atoms with Gasteiger partial charge in [0, 0.05) is 57.1 Å². The van der Waals surface area contributed by atoms with Crippen LogP contribution in [0.5, 0.6) is 0 Å². The number of urea groups is 1. The van der Waals surface area contributed by atoms with Crippen LogP contribution in [0.2, 0.25) is 10.0 Å². The molecule has 0 spiro atoms. The van der Waals surface area contributed by atoms with Gasteiger partial charge in [-0.1, -0.05) is 29.2 Å². The summed E-state index contributed by atoms with van der Waals surface area (Å²) < 4.78 is 129. The number of carbonyl (C=O) groups is 1. The highest BCUT2D eigenvalue weighted by Crippen LogP contribution is 2.33. The molecule has 0 radical (unpaired) electrons. The Labute approximate surface area is 200 Å². The molecule has 2 amide bonds. The van der Waals surface area contributed by atoms with Crippen LogP contribution in [0.4, 0.5) is 10.5 Å². The van der Waals surface area contributed by atoms with Gasteiger partial charge < -0.3 is 15.1 Å². The fourth-order valence-electron chi connectivity index (χ4n) is 2.78. The first kappa shape index (κ1) is 9.32. The lowest BCUT2D eigenvalue weighted by Crippen LogP contribution is -2.47. The molecule has 3 rings (SSSR count). The number of piperazine rings is 1. The topological polar surface area (TPSA) is 38.8 Å². The first-order valence-electron chi connectivity index (χ1n) is 16.3. The highest BCUT2D eigenvalue weighted by Gasteiger charge is 2.24.